The van der Waals surface area contributed by atoms with Crippen LogP contribution in [0.5, 0.6) is 0 Å². The molecule has 1 N–H and O–H groups in total. The number of hydrogen-bond acceptors (Lipinski definition) is 5. The first-order valence-electron chi connectivity index (χ1n) is 14.8. The van der Waals surface area contributed by atoms with Crippen LogP contribution in [-0.2, 0) is 11.8 Å². The summed E-state index contributed by atoms with van der Waals surface area (Å²) in [5.41, 5.74) is 10.6. The summed E-state index contributed by atoms with van der Waals surface area (Å²) in [4.78, 5) is 19.6. The zero-order valence-electron chi connectivity index (χ0n) is 23.3. The lowest BCUT2D eigenvalue weighted by Gasteiger charge is -2.41. The minimum atomic E-state index is -0.256. The number of likely N-dealkylation sites (tertiary alicyclic amines) is 1. The van der Waals surface area contributed by atoms with Crippen molar-refractivity contribution in [2.75, 3.05) is 44.2 Å². The van der Waals surface area contributed by atoms with Gasteiger partial charge in [0, 0.05) is 53.5 Å². The Bertz CT molecular complexity index is 1460. The number of nitrogens with one attached hydrogen (secondary N) is 1. The Morgan fingerprint density at radius 3 is 2.51 bits per heavy atom. The number of carbonyl (C=O) groups is 1. The molecule has 3 heterocycles. The first-order chi connectivity index (χ1) is 19.0. The molecule has 0 radical (unpaired) electrons. The SMILES string of the molecule is CC1(C)C2=C(C(=O)c3cc(C4=CCNCC4)c(N4CCC(N5CCCC5)CC4)cc31)c1ccc(C#N)cc1C2. The van der Waals surface area contributed by atoms with E-state index in [1.807, 2.05) is 18.2 Å². The normalized spacial score (nSPS) is 22.8. The highest BCUT2D eigenvalue weighted by Gasteiger charge is 2.44. The van der Waals surface area contributed by atoms with Crippen LogP contribution in [0.4, 0.5) is 5.69 Å². The second kappa shape index (κ2) is 9.47. The van der Waals surface area contributed by atoms with Gasteiger partial charge in [0.15, 0.2) is 5.78 Å². The number of fused-ring (bicyclic) bond motifs is 3. The third-order valence-corrected chi connectivity index (χ3v) is 10.1. The van der Waals surface area contributed by atoms with Crippen LogP contribution >= 0.6 is 0 Å². The molecule has 0 atom stereocenters. The number of carbonyl (C=O) groups excluding carboxylic acids is 1. The predicted molar refractivity (Wildman–Crippen MR) is 157 cm³/mol. The van der Waals surface area contributed by atoms with Crippen LogP contribution in [0.25, 0.3) is 11.1 Å². The summed E-state index contributed by atoms with van der Waals surface area (Å²) < 4.78 is 0. The lowest BCUT2D eigenvalue weighted by molar-refractivity contribution is 0.105. The van der Waals surface area contributed by atoms with E-state index in [-0.39, 0.29) is 11.2 Å². The fourth-order valence-electron chi connectivity index (χ4n) is 7.84. The summed E-state index contributed by atoms with van der Waals surface area (Å²) >= 11 is 0. The molecule has 5 nitrogen and oxygen atoms in total. The molecule has 0 aromatic heterocycles. The van der Waals surface area contributed by atoms with Gasteiger partial charge in [0.05, 0.1) is 11.6 Å². The molecule has 0 amide bonds. The quantitative estimate of drug-likeness (QED) is 0.583. The van der Waals surface area contributed by atoms with Crippen molar-refractivity contribution >= 4 is 22.6 Å². The van der Waals surface area contributed by atoms with Crippen molar-refractivity contribution in [1.82, 2.24) is 10.2 Å². The maximum absolute atomic E-state index is 14.2. The van der Waals surface area contributed by atoms with Crippen LogP contribution in [0.2, 0.25) is 0 Å². The van der Waals surface area contributed by atoms with Gasteiger partial charge in [-0.05, 0) is 110 Å². The Labute approximate surface area is 232 Å². The molecular weight excluding hydrogens is 480 g/mol. The van der Waals surface area contributed by atoms with E-state index in [0.717, 1.165) is 66.8 Å². The van der Waals surface area contributed by atoms with Gasteiger partial charge in [-0.25, -0.2) is 0 Å². The zero-order chi connectivity index (χ0) is 26.7. The third kappa shape index (κ3) is 4.00. The van der Waals surface area contributed by atoms with E-state index in [1.54, 1.807) is 0 Å². The van der Waals surface area contributed by atoms with Gasteiger partial charge in [0.1, 0.15) is 0 Å². The van der Waals surface area contributed by atoms with Gasteiger partial charge >= 0.3 is 0 Å². The van der Waals surface area contributed by atoms with Gasteiger partial charge in [-0.2, -0.15) is 5.26 Å². The molecule has 2 aromatic carbocycles. The maximum Gasteiger partial charge on any atom is 0.193 e. The summed E-state index contributed by atoms with van der Waals surface area (Å²) in [5, 5.41) is 12.9. The van der Waals surface area contributed by atoms with E-state index >= 15 is 0 Å². The molecule has 3 aliphatic heterocycles. The molecule has 5 heteroatoms. The topological polar surface area (TPSA) is 59.4 Å². The third-order valence-electron chi connectivity index (χ3n) is 10.1. The number of piperidine rings is 1. The van der Waals surface area contributed by atoms with Gasteiger partial charge < -0.3 is 15.1 Å². The van der Waals surface area contributed by atoms with Crippen LogP contribution in [0.15, 0.2) is 42.0 Å². The Morgan fingerprint density at radius 2 is 1.79 bits per heavy atom. The summed E-state index contributed by atoms with van der Waals surface area (Å²) in [6.07, 6.45) is 9.18. The van der Waals surface area contributed by atoms with Crippen LogP contribution in [-0.4, -0.2) is 56.0 Å². The number of allylic oxidation sites excluding steroid dienone is 2. The van der Waals surface area contributed by atoms with Gasteiger partial charge in [-0.1, -0.05) is 26.0 Å². The monoisotopic (exact) mass is 518 g/mol. The number of Topliss-reactive ketones (excluding diaryl/α,β-unsaturated/α-hetero) is 1. The largest absolute Gasteiger partial charge is 0.371 e. The van der Waals surface area contributed by atoms with Crippen LogP contribution in [0.3, 0.4) is 0 Å². The Balaban J connectivity index is 1.30. The van der Waals surface area contributed by atoms with E-state index in [2.05, 4.69) is 53.2 Å². The number of anilines is 1. The molecule has 2 aromatic rings. The molecule has 2 saturated heterocycles. The van der Waals surface area contributed by atoms with E-state index in [9.17, 15) is 10.1 Å². The molecule has 200 valence electrons. The highest BCUT2D eigenvalue weighted by Crippen LogP contribution is 2.51. The average molecular weight is 519 g/mol. The van der Waals surface area contributed by atoms with Gasteiger partial charge in [-0.15, -0.1) is 0 Å². The van der Waals surface area contributed by atoms with Crippen LogP contribution < -0.4 is 10.2 Å². The number of nitriles is 1. The van der Waals surface area contributed by atoms with E-state index in [0.29, 0.717) is 11.6 Å². The fraction of sp³-hybridized carbons (Fsp3) is 0.471. The summed E-state index contributed by atoms with van der Waals surface area (Å²) in [6.45, 7) is 11.1. The summed E-state index contributed by atoms with van der Waals surface area (Å²) in [5.74, 6) is 0.151. The van der Waals surface area contributed by atoms with Crippen molar-refractivity contribution in [3.8, 4) is 6.07 Å². The van der Waals surface area contributed by atoms with Crippen LogP contribution in [0, 0.1) is 11.3 Å². The van der Waals surface area contributed by atoms with Crippen molar-refractivity contribution in [2.24, 2.45) is 0 Å². The van der Waals surface area contributed by atoms with Crippen molar-refractivity contribution in [2.45, 2.75) is 63.8 Å². The molecule has 0 unspecified atom stereocenters. The molecule has 2 fully saturated rings. The standard InChI is InChI=1S/C34H38N4O/c1-34(2)29-20-31(38-15-9-25(10-16-38)37-13-3-4-14-37)27(23-7-11-36-12-8-23)19-28(29)33(39)32-26-6-5-22(21-35)17-24(26)18-30(32)34/h5-7,17,19-20,25,36H,3-4,8-16,18H2,1-2H3. The minimum absolute atomic E-state index is 0.151. The van der Waals surface area contributed by atoms with Gasteiger partial charge in [-0.3, -0.25) is 4.79 Å². The number of hydrogen-bond donors (Lipinski definition) is 1. The van der Waals surface area contributed by atoms with Crippen LogP contribution in [0.1, 0.15) is 84.1 Å². The van der Waals surface area contributed by atoms with E-state index in [1.165, 1.54) is 61.2 Å². The molecule has 0 spiro atoms. The van der Waals surface area contributed by atoms with E-state index in [4.69, 9.17) is 0 Å². The van der Waals surface area contributed by atoms with Crippen molar-refractivity contribution in [3.63, 3.8) is 0 Å². The number of ketones is 1. The smallest absolute Gasteiger partial charge is 0.193 e. The first kappa shape index (κ1) is 24.8. The van der Waals surface area contributed by atoms with Crippen molar-refractivity contribution in [3.05, 3.63) is 75.4 Å². The average Bonchev–Trinajstić information content (AvgIpc) is 3.65. The zero-order valence-corrected chi connectivity index (χ0v) is 23.3. The number of nitrogens with zero attached hydrogens (tertiary/aromatic N) is 3. The molecule has 0 saturated carbocycles. The highest BCUT2D eigenvalue weighted by atomic mass is 16.1. The van der Waals surface area contributed by atoms with E-state index < -0.39 is 0 Å². The van der Waals surface area contributed by atoms with Gasteiger partial charge in [0.25, 0.3) is 0 Å². The molecular formula is C34H38N4O. The summed E-state index contributed by atoms with van der Waals surface area (Å²) in [6, 6.07) is 13.4. The van der Waals surface area contributed by atoms with Crippen molar-refractivity contribution in [1.29, 1.82) is 5.26 Å². The second-order valence-electron chi connectivity index (χ2n) is 12.5. The lowest BCUT2D eigenvalue weighted by atomic mass is 9.67. The number of rotatable bonds is 3. The lowest BCUT2D eigenvalue weighted by Crippen LogP contribution is -2.44. The van der Waals surface area contributed by atoms with Crippen molar-refractivity contribution < 1.29 is 4.79 Å². The first-order valence-corrected chi connectivity index (χ1v) is 14.8. The Hall–Kier alpha value is -3.20. The maximum atomic E-state index is 14.2. The predicted octanol–water partition coefficient (Wildman–Crippen LogP) is 5.48. The van der Waals surface area contributed by atoms with Gasteiger partial charge in [0.2, 0.25) is 0 Å². The minimum Gasteiger partial charge on any atom is -0.371 e. The highest BCUT2D eigenvalue weighted by molar-refractivity contribution is 6.33. The molecule has 0 bridgehead atoms. The Kier molecular flexibility index (Phi) is 6.02. The molecule has 5 aliphatic rings. The fourth-order valence-corrected chi connectivity index (χ4v) is 7.84. The number of benzene rings is 2. The molecule has 7 rings (SSSR count). The summed E-state index contributed by atoms with van der Waals surface area (Å²) in [7, 11) is 0. The molecule has 2 aliphatic carbocycles. The Morgan fingerprint density at radius 1 is 1.00 bits per heavy atom. The second-order valence-corrected chi connectivity index (χ2v) is 12.5. The molecule has 39 heavy (non-hydrogen) atoms.